The molecule has 162 valence electrons. The number of hydrogen-bond acceptors (Lipinski definition) is 5. The van der Waals surface area contributed by atoms with E-state index in [-0.39, 0.29) is 11.2 Å². The molecule has 0 radical (unpaired) electrons. The Balaban J connectivity index is 1.92. The van der Waals surface area contributed by atoms with Crippen molar-refractivity contribution in [3.05, 3.63) is 96.8 Å². The van der Waals surface area contributed by atoms with Crippen LogP contribution < -0.4 is 11.2 Å². The molecule has 0 bridgehead atoms. The monoisotopic (exact) mass is 432 g/mol. The highest BCUT2D eigenvalue weighted by Gasteiger charge is 2.33. The molecule has 0 saturated carbocycles. The van der Waals surface area contributed by atoms with Crippen molar-refractivity contribution in [2.45, 2.75) is 12.6 Å². The van der Waals surface area contributed by atoms with E-state index in [0.29, 0.717) is 41.0 Å². The van der Waals surface area contributed by atoms with Crippen molar-refractivity contribution in [3.63, 3.8) is 0 Å². The molecule has 5 rings (SSSR count). The van der Waals surface area contributed by atoms with Crippen molar-refractivity contribution in [1.29, 1.82) is 0 Å². The third kappa shape index (κ3) is 2.82. The molecule has 32 heavy (non-hydrogen) atoms. The lowest BCUT2D eigenvalue weighted by Crippen LogP contribution is -2.37. The van der Waals surface area contributed by atoms with Crippen molar-refractivity contribution >= 4 is 16.6 Å². The minimum absolute atomic E-state index is 0.0489. The second kappa shape index (κ2) is 7.31. The van der Waals surface area contributed by atoms with Crippen LogP contribution in [0.25, 0.3) is 22.2 Å². The normalized spacial score (nSPS) is 15.6. The summed E-state index contributed by atoms with van der Waals surface area (Å²) in [6, 6.07) is 15.8. The number of benzene rings is 2. The minimum Gasteiger partial charge on any atom is -0.365 e. The predicted molar refractivity (Wildman–Crippen MR) is 119 cm³/mol. The number of ether oxygens (including phenoxy) is 1. The van der Waals surface area contributed by atoms with Crippen LogP contribution >= 0.6 is 0 Å². The summed E-state index contributed by atoms with van der Waals surface area (Å²) < 4.78 is 10.6. The Morgan fingerprint density at radius 1 is 1.03 bits per heavy atom. The Kier molecular flexibility index (Phi) is 4.56. The number of nitrogens with zero attached hydrogens (tertiary/aromatic N) is 4. The standard InChI is InChI=1S/C23H20N4O5/c1-24-19-17(22(28)25(2)23(24)29)18(14-7-4-3-5-8-14)26-11-12-32-21(20(19)26)15-9-6-10-16(13-15)27(30)31/h3-10,13,21H,11-12H2,1-2H3. The average molecular weight is 432 g/mol. The van der Waals surface area contributed by atoms with Crippen LogP contribution in [0.4, 0.5) is 5.69 Å². The van der Waals surface area contributed by atoms with Crippen molar-refractivity contribution in [2.75, 3.05) is 6.61 Å². The molecule has 1 atom stereocenters. The first-order chi connectivity index (χ1) is 15.4. The Morgan fingerprint density at radius 3 is 2.50 bits per heavy atom. The van der Waals surface area contributed by atoms with E-state index in [2.05, 4.69) is 0 Å². The maximum atomic E-state index is 13.3. The van der Waals surface area contributed by atoms with E-state index in [1.807, 2.05) is 34.9 Å². The van der Waals surface area contributed by atoms with Gasteiger partial charge in [-0.05, 0) is 11.1 Å². The van der Waals surface area contributed by atoms with Gasteiger partial charge in [0.2, 0.25) is 0 Å². The van der Waals surface area contributed by atoms with E-state index in [4.69, 9.17) is 4.74 Å². The molecule has 0 fully saturated rings. The zero-order valence-corrected chi connectivity index (χ0v) is 17.5. The van der Waals surface area contributed by atoms with Gasteiger partial charge in [0.25, 0.3) is 11.2 Å². The number of non-ortho nitro benzene ring substituents is 1. The molecule has 0 N–H and O–H groups in total. The van der Waals surface area contributed by atoms with Crippen molar-refractivity contribution in [3.8, 4) is 11.3 Å². The zero-order chi connectivity index (χ0) is 22.6. The van der Waals surface area contributed by atoms with E-state index >= 15 is 0 Å². The molecule has 1 aliphatic heterocycles. The number of fused-ring (bicyclic) bond motifs is 3. The van der Waals surface area contributed by atoms with Gasteiger partial charge in [-0.2, -0.15) is 0 Å². The first kappa shape index (κ1) is 20.0. The van der Waals surface area contributed by atoms with Crippen LogP contribution in [-0.2, 0) is 25.4 Å². The molecule has 0 aliphatic carbocycles. The number of aryl methyl sites for hydroxylation is 1. The largest absolute Gasteiger partial charge is 0.365 e. The summed E-state index contributed by atoms with van der Waals surface area (Å²) in [6.45, 7) is 0.840. The molecule has 1 unspecified atom stereocenters. The van der Waals surface area contributed by atoms with Crippen LogP contribution in [0.3, 0.4) is 0 Å². The van der Waals surface area contributed by atoms with Gasteiger partial charge < -0.3 is 9.30 Å². The summed E-state index contributed by atoms with van der Waals surface area (Å²) >= 11 is 0. The van der Waals surface area contributed by atoms with Gasteiger partial charge in [0, 0.05) is 32.8 Å². The summed E-state index contributed by atoms with van der Waals surface area (Å²) in [4.78, 5) is 37.0. The first-order valence-corrected chi connectivity index (χ1v) is 10.1. The number of rotatable bonds is 3. The van der Waals surface area contributed by atoms with Crippen LogP contribution in [0, 0.1) is 10.1 Å². The molecule has 9 nitrogen and oxygen atoms in total. The Hall–Kier alpha value is -3.98. The quantitative estimate of drug-likeness (QED) is 0.366. The van der Waals surface area contributed by atoms with E-state index in [0.717, 1.165) is 10.1 Å². The Labute approximate surface area is 181 Å². The lowest BCUT2D eigenvalue weighted by Gasteiger charge is -2.27. The second-order valence-corrected chi connectivity index (χ2v) is 7.78. The predicted octanol–water partition coefficient (Wildman–Crippen LogP) is 2.73. The number of nitro groups is 1. The third-order valence-corrected chi connectivity index (χ3v) is 5.98. The van der Waals surface area contributed by atoms with Gasteiger partial charge in [0.15, 0.2) is 0 Å². The zero-order valence-electron chi connectivity index (χ0n) is 17.5. The van der Waals surface area contributed by atoms with Gasteiger partial charge in [-0.3, -0.25) is 24.0 Å². The van der Waals surface area contributed by atoms with Gasteiger partial charge in [0.05, 0.1) is 33.8 Å². The molecule has 4 aromatic rings. The molecular formula is C23H20N4O5. The molecule has 0 spiro atoms. The summed E-state index contributed by atoms with van der Waals surface area (Å²) in [6.07, 6.45) is -0.665. The average Bonchev–Trinajstić information content (AvgIpc) is 3.17. The summed E-state index contributed by atoms with van der Waals surface area (Å²) in [5.41, 5.74) is 2.39. The van der Waals surface area contributed by atoms with E-state index in [1.165, 1.54) is 23.7 Å². The topological polar surface area (TPSA) is 101 Å². The molecule has 9 heteroatoms. The highest BCUT2D eigenvalue weighted by molar-refractivity contribution is 5.96. The van der Waals surface area contributed by atoms with E-state index in [1.54, 1.807) is 19.2 Å². The van der Waals surface area contributed by atoms with E-state index < -0.39 is 16.7 Å². The molecule has 2 aromatic carbocycles. The molecule has 0 amide bonds. The van der Waals surface area contributed by atoms with Gasteiger partial charge >= 0.3 is 5.69 Å². The molecule has 2 aromatic heterocycles. The smallest absolute Gasteiger partial charge is 0.331 e. The maximum absolute atomic E-state index is 13.3. The van der Waals surface area contributed by atoms with Crippen LogP contribution in [0.2, 0.25) is 0 Å². The Morgan fingerprint density at radius 2 is 1.78 bits per heavy atom. The lowest BCUT2D eigenvalue weighted by atomic mass is 10.0. The SMILES string of the molecule is Cn1c(=O)c2c(-c3ccccc3)n3c(c2n(C)c1=O)C(c1cccc([N+](=O)[O-])c1)OCC3. The highest BCUT2D eigenvalue weighted by Crippen LogP contribution is 2.40. The molecule has 1 aliphatic rings. The van der Waals surface area contributed by atoms with Crippen LogP contribution in [0.1, 0.15) is 17.4 Å². The fourth-order valence-corrected chi connectivity index (χ4v) is 4.53. The van der Waals surface area contributed by atoms with Gasteiger partial charge in [-0.25, -0.2) is 4.79 Å². The van der Waals surface area contributed by atoms with Crippen molar-refractivity contribution in [1.82, 2.24) is 13.7 Å². The van der Waals surface area contributed by atoms with Gasteiger partial charge in [-0.1, -0.05) is 42.5 Å². The minimum atomic E-state index is -0.665. The summed E-state index contributed by atoms with van der Waals surface area (Å²) in [7, 11) is 3.09. The fourth-order valence-electron chi connectivity index (χ4n) is 4.53. The number of aromatic nitrogens is 3. The second-order valence-electron chi connectivity index (χ2n) is 7.78. The number of hydrogen-bond donors (Lipinski definition) is 0. The lowest BCUT2D eigenvalue weighted by molar-refractivity contribution is -0.385. The molecular weight excluding hydrogens is 412 g/mol. The Bertz CT molecular complexity index is 1500. The molecule has 3 heterocycles. The summed E-state index contributed by atoms with van der Waals surface area (Å²) in [5.74, 6) is 0. The van der Waals surface area contributed by atoms with E-state index in [9.17, 15) is 19.7 Å². The molecule has 0 saturated heterocycles. The van der Waals surface area contributed by atoms with Crippen molar-refractivity contribution in [2.24, 2.45) is 14.1 Å². The van der Waals surface area contributed by atoms with Crippen LogP contribution in [-0.4, -0.2) is 25.2 Å². The highest BCUT2D eigenvalue weighted by atomic mass is 16.6. The first-order valence-electron chi connectivity index (χ1n) is 10.1. The fraction of sp³-hybridized carbons (Fsp3) is 0.217. The van der Waals surface area contributed by atoms with Crippen LogP contribution in [0.15, 0.2) is 64.2 Å². The van der Waals surface area contributed by atoms with Crippen molar-refractivity contribution < 1.29 is 9.66 Å². The van der Waals surface area contributed by atoms with Crippen LogP contribution in [0.5, 0.6) is 0 Å². The van der Waals surface area contributed by atoms with Gasteiger partial charge in [0.1, 0.15) is 6.10 Å². The maximum Gasteiger partial charge on any atom is 0.331 e. The summed E-state index contributed by atoms with van der Waals surface area (Å²) in [5, 5.41) is 11.8. The third-order valence-electron chi connectivity index (χ3n) is 5.98. The van der Waals surface area contributed by atoms with Gasteiger partial charge in [-0.15, -0.1) is 0 Å². The number of nitro benzene ring substituents is 1.